The largest absolute Gasteiger partial charge is 0.497 e. The second-order valence-corrected chi connectivity index (χ2v) is 6.10. The van der Waals surface area contributed by atoms with Gasteiger partial charge in [-0.3, -0.25) is 4.79 Å². The van der Waals surface area contributed by atoms with Gasteiger partial charge in [-0.2, -0.15) is 5.10 Å². The molecular weight excluding hydrogens is 376 g/mol. The standard InChI is InChI=1S/C19H24N6O4/c1-27-7-5-20-17-16-11-24-25(18(16)23-12-22-17)6-4-21-19(26)13-8-14(28-2)10-15(9-13)29-3/h8-12H,4-7H2,1-3H3,(H,21,26)(H,20,22,23). The Kier molecular flexibility index (Phi) is 6.80. The minimum atomic E-state index is -0.227. The first-order valence-electron chi connectivity index (χ1n) is 9.07. The quantitative estimate of drug-likeness (QED) is 0.490. The van der Waals surface area contributed by atoms with Crippen molar-refractivity contribution in [1.29, 1.82) is 0 Å². The SMILES string of the molecule is COCCNc1ncnc2c1cnn2CCNC(=O)c1cc(OC)cc(OC)c1. The van der Waals surface area contributed by atoms with Crippen LogP contribution < -0.4 is 20.1 Å². The maximum Gasteiger partial charge on any atom is 0.251 e. The van der Waals surface area contributed by atoms with Crippen molar-refractivity contribution in [1.82, 2.24) is 25.1 Å². The molecule has 0 aliphatic carbocycles. The lowest BCUT2D eigenvalue weighted by Crippen LogP contribution is -2.27. The van der Waals surface area contributed by atoms with Crippen molar-refractivity contribution in [3.8, 4) is 11.5 Å². The van der Waals surface area contributed by atoms with Crippen molar-refractivity contribution in [2.45, 2.75) is 6.54 Å². The van der Waals surface area contributed by atoms with Gasteiger partial charge in [0.1, 0.15) is 23.6 Å². The highest BCUT2D eigenvalue weighted by atomic mass is 16.5. The normalized spacial score (nSPS) is 10.7. The second kappa shape index (κ2) is 9.69. The summed E-state index contributed by atoms with van der Waals surface area (Å²) in [5.41, 5.74) is 1.15. The van der Waals surface area contributed by atoms with Crippen LogP contribution in [0.4, 0.5) is 5.82 Å². The fourth-order valence-corrected chi connectivity index (χ4v) is 2.78. The van der Waals surface area contributed by atoms with Crippen LogP contribution in [0.5, 0.6) is 11.5 Å². The lowest BCUT2D eigenvalue weighted by molar-refractivity contribution is 0.0951. The molecule has 0 aliphatic heterocycles. The number of carbonyl (C=O) groups is 1. The van der Waals surface area contributed by atoms with E-state index in [0.29, 0.717) is 54.8 Å². The highest BCUT2D eigenvalue weighted by molar-refractivity contribution is 5.95. The fraction of sp³-hybridized carbons (Fsp3) is 0.368. The van der Waals surface area contributed by atoms with E-state index < -0.39 is 0 Å². The van der Waals surface area contributed by atoms with Gasteiger partial charge in [0.15, 0.2) is 5.65 Å². The third-order valence-corrected chi connectivity index (χ3v) is 4.26. The topological polar surface area (TPSA) is 112 Å². The van der Waals surface area contributed by atoms with Crippen LogP contribution >= 0.6 is 0 Å². The summed E-state index contributed by atoms with van der Waals surface area (Å²) in [4.78, 5) is 21.0. The molecule has 1 aromatic carbocycles. The van der Waals surface area contributed by atoms with E-state index in [-0.39, 0.29) is 5.91 Å². The number of nitrogens with zero attached hydrogens (tertiary/aromatic N) is 4. The lowest BCUT2D eigenvalue weighted by Gasteiger charge is -2.10. The third kappa shape index (κ3) is 4.91. The predicted molar refractivity (Wildman–Crippen MR) is 108 cm³/mol. The van der Waals surface area contributed by atoms with Crippen molar-refractivity contribution in [3.63, 3.8) is 0 Å². The molecule has 2 aromatic heterocycles. The van der Waals surface area contributed by atoms with Crippen molar-refractivity contribution >= 4 is 22.8 Å². The number of hydrogen-bond acceptors (Lipinski definition) is 8. The molecule has 0 spiro atoms. The van der Waals surface area contributed by atoms with Crippen LogP contribution in [0.2, 0.25) is 0 Å². The van der Waals surface area contributed by atoms with Crippen LogP contribution in [0.15, 0.2) is 30.7 Å². The summed E-state index contributed by atoms with van der Waals surface area (Å²) in [7, 11) is 4.73. The minimum Gasteiger partial charge on any atom is -0.497 e. The lowest BCUT2D eigenvalue weighted by atomic mass is 10.2. The maximum absolute atomic E-state index is 12.5. The molecule has 2 heterocycles. The van der Waals surface area contributed by atoms with Crippen molar-refractivity contribution in [2.75, 3.05) is 46.3 Å². The van der Waals surface area contributed by atoms with Crippen LogP contribution in [0.3, 0.4) is 0 Å². The summed E-state index contributed by atoms with van der Waals surface area (Å²) in [5.74, 6) is 1.58. The van der Waals surface area contributed by atoms with E-state index in [4.69, 9.17) is 14.2 Å². The number of amides is 1. The van der Waals surface area contributed by atoms with E-state index in [1.165, 1.54) is 6.33 Å². The Morgan fingerprint density at radius 1 is 1.07 bits per heavy atom. The zero-order chi connectivity index (χ0) is 20.6. The van der Waals surface area contributed by atoms with E-state index in [9.17, 15) is 4.79 Å². The molecule has 0 fully saturated rings. The van der Waals surface area contributed by atoms with Gasteiger partial charge in [-0.05, 0) is 12.1 Å². The Hall–Kier alpha value is -3.40. The molecule has 29 heavy (non-hydrogen) atoms. The molecule has 10 nitrogen and oxygen atoms in total. The van der Waals surface area contributed by atoms with Gasteiger partial charge in [-0.15, -0.1) is 0 Å². The molecule has 0 saturated carbocycles. The van der Waals surface area contributed by atoms with Gasteiger partial charge in [0, 0.05) is 31.8 Å². The zero-order valence-corrected chi connectivity index (χ0v) is 16.6. The molecule has 2 N–H and O–H groups in total. The van der Waals surface area contributed by atoms with Gasteiger partial charge in [-0.1, -0.05) is 0 Å². The average Bonchev–Trinajstić information content (AvgIpc) is 3.17. The van der Waals surface area contributed by atoms with Gasteiger partial charge in [-0.25, -0.2) is 14.6 Å². The number of rotatable bonds is 10. The molecule has 3 aromatic rings. The summed E-state index contributed by atoms with van der Waals surface area (Å²) < 4.78 is 17.2. The first-order chi connectivity index (χ1) is 14.2. The van der Waals surface area contributed by atoms with Crippen molar-refractivity contribution < 1.29 is 19.0 Å². The molecule has 154 valence electrons. The number of methoxy groups -OCH3 is 3. The Balaban J connectivity index is 1.64. The number of fused-ring (bicyclic) bond motifs is 1. The Morgan fingerprint density at radius 3 is 2.52 bits per heavy atom. The molecule has 0 unspecified atom stereocenters. The molecule has 0 aliphatic rings. The van der Waals surface area contributed by atoms with Crippen molar-refractivity contribution in [2.24, 2.45) is 0 Å². The maximum atomic E-state index is 12.5. The van der Waals surface area contributed by atoms with Gasteiger partial charge in [0.25, 0.3) is 5.91 Å². The first kappa shape index (κ1) is 20.3. The number of aromatic nitrogens is 4. The number of hydrogen-bond donors (Lipinski definition) is 2. The summed E-state index contributed by atoms with van der Waals surface area (Å²) in [5, 5.41) is 11.2. The summed E-state index contributed by atoms with van der Waals surface area (Å²) in [6.07, 6.45) is 3.19. The molecule has 0 radical (unpaired) electrons. The minimum absolute atomic E-state index is 0.227. The van der Waals surface area contributed by atoms with Crippen LogP contribution in [-0.2, 0) is 11.3 Å². The highest BCUT2D eigenvalue weighted by Crippen LogP contribution is 2.22. The fourth-order valence-electron chi connectivity index (χ4n) is 2.78. The second-order valence-electron chi connectivity index (χ2n) is 6.10. The van der Waals surface area contributed by atoms with E-state index in [1.807, 2.05) is 0 Å². The first-order valence-corrected chi connectivity index (χ1v) is 9.07. The van der Waals surface area contributed by atoms with Crippen LogP contribution in [0.25, 0.3) is 11.0 Å². The van der Waals surface area contributed by atoms with Crippen LogP contribution in [0.1, 0.15) is 10.4 Å². The van der Waals surface area contributed by atoms with E-state index in [0.717, 1.165) is 5.39 Å². The monoisotopic (exact) mass is 400 g/mol. The molecule has 1 amide bonds. The Bertz CT molecular complexity index is 952. The number of benzene rings is 1. The van der Waals surface area contributed by atoms with E-state index >= 15 is 0 Å². The molecule has 0 atom stereocenters. The number of carbonyl (C=O) groups excluding carboxylic acids is 1. The smallest absolute Gasteiger partial charge is 0.251 e. The van der Waals surface area contributed by atoms with Gasteiger partial charge in [0.2, 0.25) is 0 Å². The molecule has 0 bridgehead atoms. The van der Waals surface area contributed by atoms with Gasteiger partial charge < -0.3 is 24.8 Å². The number of anilines is 1. The summed E-state index contributed by atoms with van der Waals surface area (Å²) >= 11 is 0. The molecule has 0 saturated heterocycles. The average molecular weight is 400 g/mol. The molecule has 3 rings (SSSR count). The van der Waals surface area contributed by atoms with Crippen molar-refractivity contribution in [3.05, 3.63) is 36.3 Å². The number of ether oxygens (including phenoxy) is 3. The van der Waals surface area contributed by atoms with E-state index in [1.54, 1.807) is 50.4 Å². The Morgan fingerprint density at radius 2 is 1.83 bits per heavy atom. The van der Waals surface area contributed by atoms with Gasteiger partial charge >= 0.3 is 0 Å². The highest BCUT2D eigenvalue weighted by Gasteiger charge is 2.12. The van der Waals surface area contributed by atoms with Gasteiger partial charge in [0.05, 0.1) is 39.0 Å². The summed E-state index contributed by atoms with van der Waals surface area (Å²) in [6.45, 7) is 2.05. The number of nitrogens with one attached hydrogen (secondary N) is 2. The summed E-state index contributed by atoms with van der Waals surface area (Å²) in [6, 6.07) is 5.03. The Labute approximate surface area is 168 Å². The zero-order valence-electron chi connectivity index (χ0n) is 16.6. The van der Waals surface area contributed by atoms with Crippen LogP contribution in [-0.4, -0.2) is 66.7 Å². The third-order valence-electron chi connectivity index (χ3n) is 4.26. The predicted octanol–water partition coefficient (Wildman–Crippen LogP) is 1.33. The molecule has 10 heteroatoms. The molecular formula is C19H24N6O4. The van der Waals surface area contributed by atoms with Crippen LogP contribution in [0, 0.1) is 0 Å². The van der Waals surface area contributed by atoms with E-state index in [2.05, 4.69) is 25.7 Å².